The number of likely N-dealkylation sites (tertiary alicyclic amines) is 1. The van der Waals surface area contributed by atoms with Crippen LogP contribution in [0, 0.1) is 46.8 Å². The Bertz CT molecular complexity index is 823. The van der Waals surface area contributed by atoms with Crippen molar-refractivity contribution in [1.82, 2.24) is 14.7 Å². The molecule has 2 saturated heterocycles. The van der Waals surface area contributed by atoms with Gasteiger partial charge in [-0.25, -0.2) is 0 Å². The number of hydrogen-bond acceptors (Lipinski definition) is 4. The van der Waals surface area contributed by atoms with Gasteiger partial charge in [0, 0.05) is 39.3 Å². The number of carbonyl (C=O) groups is 3. The van der Waals surface area contributed by atoms with Gasteiger partial charge in [0.1, 0.15) is 0 Å². The molecule has 6 aliphatic carbocycles. The van der Waals surface area contributed by atoms with Crippen LogP contribution in [0.1, 0.15) is 44.9 Å². The van der Waals surface area contributed by atoms with Gasteiger partial charge in [-0.3, -0.25) is 24.2 Å². The number of allylic oxidation sites excluding steroid dienone is 2. The maximum atomic E-state index is 13.6. The van der Waals surface area contributed by atoms with E-state index in [1.54, 1.807) is 4.90 Å². The van der Waals surface area contributed by atoms with Gasteiger partial charge in [-0.2, -0.15) is 0 Å². The molecule has 0 spiro atoms. The van der Waals surface area contributed by atoms with E-state index in [4.69, 9.17) is 0 Å². The lowest BCUT2D eigenvalue weighted by Crippen LogP contribution is -2.58. The molecule has 32 heavy (non-hydrogen) atoms. The molecule has 4 atom stereocenters. The molecule has 3 amide bonds. The highest BCUT2D eigenvalue weighted by Crippen LogP contribution is 2.60. The fourth-order valence-electron chi connectivity index (χ4n) is 9.31. The van der Waals surface area contributed by atoms with Crippen molar-refractivity contribution in [2.75, 3.05) is 39.3 Å². The second kappa shape index (κ2) is 6.91. The highest BCUT2D eigenvalue weighted by molar-refractivity contribution is 6.06. The van der Waals surface area contributed by atoms with Crippen LogP contribution in [-0.4, -0.2) is 71.7 Å². The maximum absolute atomic E-state index is 13.6. The summed E-state index contributed by atoms with van der Waals surface area (Å²) in [5.74, 6) is 3.35. The first-order valence-corrected chi connectivity index (χ1v) is 13.1. The molecule has 6 bridgehead atoms. The van der Waals surface area contributed by atoms with Crippen LogP contribution in [0.5, 0.6) is 0 Å². The Labute approximate surface area is 190 Å². The number of fused-ring (bicyclic) bond motifs is 5. The van der Waals surface area contributed by atoms with Crippen LogP contribution in [0.4, 0.5) is 0 Å². The van der Waals surface area contributed by atoms with E-state index in [1.165, 1.54) is 19.3 Å². The zero-order valence-electron chi connectivity index (χ0n) is 19.0. The molecule has 5 saturated carbocycles. The number of rotatable bonds is 4. The largest absolute Gasteiger partial charge is 0.340 e. The summed E-state index contributed by atoms with van der Waals surface area (Å²) in [6.45, 7) is 4.54. The molecule has 0 aromatic carbocycles. The van der Waals surface area contributed by atoms with Crippen LogP contribution < -0.4 is 0 Å². The van der Waals surface area contributed by atoms with E-state index in [2.05, 4.69) is 22.0 Å². The zero-order chi connectivity index (χ0) is 21.6. The standard InChI is InChI=1S/C26H35N3O3/c30-23-21-19-1-2-20(12-19)22(21)24(31)29(23)8-5-27-3-6-28(7-4-27)25(32)26-13-16-9-17(14-26)11-18(10-16)15-26/h1-2,16-22H,3-15H2/t16?,17?,18?,19-,20-,21-,22+,26?/m0/s1. The molecule has 0 radical (unpaired) electrons. The predicted octanol–water partition coefficient (Wildman–Crippen LogP) is 2.15. The summed E-state index contributed by atoms with van der Waals surface area (Å²) >= 11 is 0. The zero-order valence-corrected chi connectivity index (χ0v) is 19.0. The smallest absolute Gasteiger partial charge is 0.233 e. The van der Waals surface area contributed by atoms with Crippen molar-refractivity contribution in [2.24, 2.45) is 46.8 Å². The van der Waals surface area contributed by atoms with Crippen LogP contribution in [0.15, 0.2) is 12.2 Å². The Morgan fingerprint density at radius 1 is 0.781 bits per heavy atom. The van der Waals surface area contributed by atoms with Crippen LogP contribution in [-0.2, 0) is 14.4 Å². The molecular formula is C26H35N3O3. The SMILES string of the molecule is O=C1[C@@H]2[C@H](C(=O)N1CCN1CCN(C(=O)C34CC5CC(CC(C5)C3)C4)CC1)[C@H]1C=C[C@H]2C1. The molecule has 0 aromatic heterocycles. The summed E-state index contributed by atoms with van der Waals surface area (Å²) < 4.78 is 0. The fraction of sp³-hybridized carbons (Fsp3) is 0.808. The van der Waals surface area contributed by atoms with Crippen molar-refractivity contribution >= 4 is 17.7 Å². The number of amides is 3. The molecule has 8 aliphatic rings. The van der Waals surface area contributed by atoms with E-state index >= 15 is 0 Å². The Morgan fingerprint density at radius 3 is 1.84 bits per heavy atom. The van der Waals surface area contributed by atoms with Crippen molar-refractivity contribution in [3.05, 3.63) is 12.2 Å². The van der Waals surface area contributed by atoms with E-state index < -0.39 is 0 Å². The number of hydrogen-bond donors (Lipinski definition) is 0. The van der Waals surface area contributed by atoms with Crippen LogP contribution in [0.25, 0.3) is 0 Å². The van der Waals surface area contributed by atoms with Crippen molar-refractivity contribution in [3.63, 3.8) is 0 Å². The van der Waals surface area contributed by atoms with Gasteiger partial charge in [-0.15, -0.1) is 0 Å². The molecule has 0 unspecified atom stereocenters. The fourth-order valence-corrected chi connectivity index (χ4v) is 9.31. The highest BCUT2D eigenvalue weighted by Gasteiger charge is 2.59. The molecule has 2 heterocycles. The lowest BCUT2D eigenvalue weighted by atomic mass is 9.49. The van der Waals surface area contributed by atoms with E-state index in [0.717, 1.165) is 76.2 Å². The van der Waals surface area contributed by atoms with E-state index in [1.807, 2.05) is 0 Å². The van der Waals surface area contributed by atoms with Gasteiger partial charge < -0.3 is 4.90 Å². The van der Waals surface area contributed by atoms with Crippen molar-refractivity contribution in [3.8, 4) is 0 Å². The minimum Gasteiger partial charge on any atom is -0.340 e. The molecule has 6 heteroatoms. The lowest BCUT2D eigenvalue weighted by Gasteiger charge is -2.57. The third kappa shape index (κ3) is 2.77. The third-order valence-electron chi connectivity index (χ3n) is 10.4. The van der Waals surface area contributed by atoms with Crippen LogP contribution in [0.2, 0.25) is 0 Å². The average molecular weight is 438 g/mol. The van der Waals surface area contributed by atoms with Gasteiger partial charge in [0.15, 0.2) is 0 Å². The average Bonchev–Trinajstić information content (AvgIpc) is 3.46. The number of nitrogens with zero attached hydrogens (tertiary/aromatic N) is 3. The summed E-state index contributed by atoms with van der Waals surface area (Å²) in [4.78, 5) is 45.4. The maximum Gasteiger partial charge on any atom is 0.233 e. The molecule has 2 aliphatic heterocycles. The molecule has 0 aromatic rings. The first kappa shape index (κ1) is 19.7. The third-order valence-corrected chi connectivity index (χ3v) is 10.4. The summed E-state index contributed by atoms with van der Waals surface area (Å²) in [5, 5.41) is 0. The summed E-state index contributed by atoms with van der Waals surface area (Å²) in [5.41, 5.74) is -0.0452. The van der Waals surface area contributed by atoms with Crippen LogP contribution >= 0.6 is 0 Å². The second-order valence-electron chi connectivity index (χ2n) is 12.2. The van der Waals surface area contributed by atoms with Crippen molar-refractivity contribution in [1.29, 1.82) is 0 Å². The summed E-state index contributed by atoms with van der Waals surface area (Å²) in [6, 6.07) is 0. The van der Waals surface area contributed by atoms with E-state index in [0.29, 0.717) is 12.5 Å². The van der Waals surface area contributed by atoms with Gasteiger partial charge in [-0.05, 0) is 74.5 Å². The second-order valence-corrected chi connectivity index (χ2v) is 12.2. The van der Waals surface area contributed by atoms with Crippen LogP contribution in [0.3, 0.4) is 0 Å². The van der Waals surface area contributed by atoms with Crippen molar-refractivity contribution < 1.29 is 14.4 Å². The van der Waals surface area contributed by atoms with Gasteiger partial charge in [-0.1, -0.05) is 12.2 Å². The predicted molar refractivity (Wildman–Crippen MR) is 118 cm³/mol. The van der Waals surface area contributed by atoms with Gasteiger partial charge in [0.2, 0.25) is 17.7 Å². The highest BCUT2D eigenvalue weighted by atomic mass is 16.2. The Hall–Kier alpha value is -1.69. The van der Waals surface area contributed by atoms with Crippen molar-refractivity contribution in [2.45, 2.75) is 44.9 Å². The normalized spacial score (nSPS) is 46.6. The summed E-state index contributed by atoms with van der Waals surface area (Å²) in [7, 11) is 0. The monoisotopic (exact) mass is 437 g/mol. The Balaban J connectivity index is 0.943. The Morgan fingerprint density at radius 2 is 1.31 bits per heavy atom. The minimum atomic E-state index is -0.0905. The number of piperazine rings is 1. The number of carbonyl (C=O) groups excluding carboxylic acids is 3. The number of imide groups is 1. The van der Waals surface area contributed by atoms with Gasteiger partial charge >= 0.3 is 0 Å². The Kier molecular flexibility index (Phi) is 4.26. The molecular weight excluding hydrogens is 402 g/mol. The lowest BCUT2D eigenvalue weighted by molar-refractivity contribution is -0.159. The molecule has 0 N–H and O–H groups in total. The molecule has 172 valence electrons. The van der Waals surface area contributed by atoms with Gasteiger partial charge in [0.05, 0.1) is 17.3 Å². The quantitative estimate of drug-likeness (QED) is 0.500. The van der Waals surface area contributed by atoms with E-state index in [-0.39, 0.29) is 40.9 Å². The van der Waals surface area contributed by atoms with E-state index in [9.17, 15) is 14.4 Å². The summed E-state index contributed by atoms with van der Waals surface area (Å²) in [6.07, 6.45) is 12.8. The molecule has 8 rings (SSSR count). The van der Waals surface area contributed by atoms with Gasteiger partial charge in [0.25, 0.3) is 0 Å². The minimum absolute atomic E-state index is 0.0452. The molecule has 7 fully saturated rings. The molecule has 6 nitrogen and oxygen atoms in total. The topological polar surface area (TPSA) is 60.9 Å². The first-order valence-electron chi connectivity index (χ1n) is 13.1. The first-order chi connectivity index (χ1) is 15.5.